The van der Waals surface area contributed by atoms with E-state index in [1.807, 2.05) is 30.3 Å². The Labute approximate surface area is 262 Å². The molecule has 8 nitrogen and oxygen atoms in total. The maximum atomic E-state index is 13.7. The van der Waals surface area contributed by atoms with Crippen LogP contribution in [0.15, 0.2) is 30.3 Å². The molecule has 6 fully saturated rings. The largest absolute Gasteiger partial charge is 0.509 e. The molecular weight excluding hydrogens is 560 g/mol. The highest BCUT2D eigenvalue weighted by Crippen LogP contribution is 2.52. The number of fused-ring (bicyclic) bond motifs is 3. The summed E-state index contributed by atoms with van der Waals surface area (Å²) >= 11 is 0. The Morgan fingerprint density at radius 3 is 1.93 bits per heavy atom. The fourth-order valence-electron chi connectivity index (χ4n) is 8.96. The highest BCUT2D eigenvalue weighted by Gasteiger charge is 2.67. The van der Waals surface area contributed by atoms with Crippen molar-refractivity contribution < 1.29 is 38.0 Å². The number of hydrogen-bond donors (Lipinski definition) is 0. The number of ether oxygens (including phenoxy) is 7. The summed E-state index contributed by atoms with van der Waals surface area (Å²) in [6, 6.07) is 10.1. The van der Waals surface area contributed by atoms with Gasteiger partial charge in [0.1, 0.15) is 36.6 Å². The summed E-state index contributed by atoms with van der Waals surface area (Å²) in [6.45, 7) is 7.03. The molecule has 1 aromatic rings. The SMILES string of the molecule is CC(C)[C@@H]1CC[C@@H](C)C[C@H]1OC(=O)O[C@@H]1[C@@H](OCc2ccccc2)[C@@H]2OC3(CCCCC3)O[C@H]2[C@@H]2OC3(CCCCC3)O[C@H]12. The molecule has 8 heteroatoms. The molecule has 2 saturated heterocycles. The van der Waals surface area contributed by atoms with E-state index in [0.717, 1.165) is 76.2 Å². The zero-order valence-corrected chi connectivity index (χ0v) is 26.8. The maximum absolute atomic E-state index is 13.7. The van der Waals surface area contributed by atoms with E-state index in [0.29, 0.717) is 24.4 Å². The van der Waals surface area contributed by atoms with Crippen LogP contribution < -0.4 is 0 Å². The van der Waals surface area contributed by atoms with Gasteiger partial charge in [-0.25, -0.2) is 4.79 Å². The van der Waals surface area contributed by atoms with Gasteiger partial charge in [-0.05, 0) is 61.8 Å². The van der Waals surface area contributed by atoms with E-state index >= 15 is 0 Å². The normalized spacial score (nSPS) is 39.2. The molecule has 0 unspecified atom stereocenters. The Bertz CT molecular complexity index is 1110. The van der Waals surface area contributed by atoms with Gasteiger partial charge < -0.3 is 33.2 Å². The molecule has 0 amide bonds. The predicted octanol–water partition coefficient (Wildman–Crippen LogP) is 7.46. The van der Waals surface area contributed by atoms with Gasteiger partial charge in [0.2, 0.25) is 0 Å². The number of hydrogen-bond acceptors (Lipinski definition) is 8. The van der Waals surface area contributed by atoms with Gasteiger partial charge in [0.05, 0.1) is 6.61 Å². The van der Waals surface area contributed by atoms with Gasteiger partial charge in [-0.2, -0.15) is 0 Å². The Kier molecular flexibility index (Phi) is 9.01. The van der Waals surface area contributed by atoms with E-state index in [-0.39, 0.29) is 12.2 Å². The second-order valence-corrected chi connectivity index (χ2v) is 14.8. The fourth-order valence-corrected chi connectivity index (χ4v) is 8.96. The third-order valence-corrected chi connectivity index (χ3v) is 11.3. The van der Waals surface area contributed by atoms with E-state index in [4.69, 9.17) is 33.2 Å². The van der Waals surface area contributed by atoms with Crippen LogP contribution in [0.25, 0.3) is 0 Å². The van der Waals surface area contributed by atoms with Crippen LogP contribution in [0.4, 0.5) is 4.79 Å². The van der Waals surface area contributed by atoms with Gasteiger partial charge in [0.25, 0.3) is 0 Å². The minimum Gasteiger partial charge on any atom is -0.431 e. The molecule has 1 aromatic carbocycles. The number of carbonyl (C=O) groups is 1. The molecule has 2 spiro atoms. The van der Waals surface area contributed by atoms with Crippen LogP contribution >= 0.6 is 0 Å². The lowest BCUT2D eigenvalue weighted by Gasteiger charge is -2.42. The summed E-state index contributed by atoms with van der Waals surface area (Å²) in [5, 5.41) is 0. The van der Waals surface area contributed by atoms with Crippen LogP contribution in [0.2, 0.25) is 0 Å². The third-order valence-electron chi connectivity index (χ3n) is 11.3. The maximum Gasteiger partial charge on any atom is 0.509 e. The highest BCUT2D eigenvalue weighted by atomic mass is 16.8. The quantitative estimate of drug-likeness (QED) is 0.306. The summed E-state index contributed by atoms with van der Waals surface area (Å²) in [5.41, 5.74) is 1.04. The van der Waals surface area contributed by atoms with Gasteiger partial charge in [0, 0.05) is 25.7 Å². The Hall–Kier alpha value is -1.71. The summed E-state index contributed by atoms with van der Waals surface area (Å²) < 4.78 is 46.7. The van der Waals surface area contributed by atoms with Crippen molar-refractivity contribution in [2.75, 3.05) is 0 Å². The highest BCUT2D eigenvalue weighted by molar-refractivity contribution is 5.60. The molecule has 9 atom stereocenters. The van der Waals surface area contributed by atoms with E-state index in [1.165, 1.54) is 12.8 Å². The Morgan fingerprint density at radius 1 is 0.773 bits per heavy atom. The zero-order chi connectivity index (χ0) is 30.3. The van der Waals surface area contributed by atoms with E-state index < -0.39 is 48.2 Å². The van der Waals surface area contributed by atoms with Gasteiger partial charge in [-0.3, -0.25) is 0 Å². The van der Waals surface area contributed by atoms with E-state index in [9.17, 15) is 4.79 Å². The first-order valence-electron chi connectivity index (χ1n) is 17.6. The lowest BCUT2D eigenvalue weighted by Crippen LogP contribution is -2.63. The van der Waals surface area contributed by atoms with Crippen molar-refractivity contribution >= 4 is 6.16 Å². The summed E-state index contributed by atoms with van der Waals surface area (Å²) in [5.74, 6) is -0.0863. The third kappa shape index (κ3) is 6.18. The fraction of sp³-hybridized carbons (Fsp3) is 0.806. The predicted molar refractivity (Wildman–Crippen MR) is 163 cm³/mol. The lowest BCUT2D eigenvalue weighted by atomic mass is 9.75. The zero-order valence-electron chi connectivity index (χ0n) is 26.8. The van der Waals surface area contributed by atoms with Gasteiger partial charge >= 0.3 is 6.16 Å². The molecular formula is C36H52O8. The molecule has 6 aliphatic rings. The molecule has 4 aliphatic carbocycles. The first kappa shape index (κ1) is 30.9. The summed E-state index contributed by atoms with van der Waals surface area (Å²) in [6.07, 6.45) is 9.09. The average molecular weight is 613 g/mol. The van der Waals surface area contributed by atoms with Crippen molar-refractivity contribution in [2.24, 2.45) is 17.8 Å². The molecule has 7 rings (SSSR count). The second kappa shape index (κ2) is 12.8. The topological polar surface area (TPSA) is 81.7 Å². The average Bonchev–Trinajstić information content (AvgIpc) is 3.56. The smallest absolute Gasteiger partial charge is 0.431 e. The van der Waals surface area contributed by atoms with Crippen LogP contribution in [0.3, 0.4) is 0 Å². The van der Waals surface area contributed by atoms with Crippen molar-refractivity contribution in [3.05, 3.63) is 35.9 Å². The standard InChI is InChI=1S/C36H52O8/c1-23(2)26-16-15-24(3)21-27(26)39-34(37)40-29-28(38-22-25-13-7-4-8-14-25)30-32(43-35(41-30)17-9-5-10-18-35)33-31(29)42-36(44-33)19-11-6-12-20-36/h4,7-8,13-14,23-24,26-33H,5-6,9-12,15-22H2,1-3H3/t24-,26+,27-,28-,29-,30+,31-,32-,33-/m1/s1. The molecule has 2 aliphatic heterocycles. The molecule has 4 saturated carbocycles. The molecule has 0 bridgehead atoms. The Balaban J connectivity index is 1.18. The molecule has 244 valence electrons. The summed E-state index contributed by atoms with van der Waals surface area (Å²) in [7, 11) is 0. The van der Waals surface area contributed by atoms with Crippen LogP contribution in [-0.2, 0) is 39.8 Å². The molecule has 0 radical (unpaired) electrons. The van der Waals surface area contributed by atoms with Crippen LogP contribution in [0, 0.1) is 17.8 Å². The Morgan fingerprint density at radius 2 is 1.34 bits per heavy atom. The van der Waals surface area contributed by atoms with Crippen molar-refractivity contribution in [1.29, 1.82) is 0 Å². The minimum atomic E-state index is -0.750. The molecule has 44 heavy (non-hydrogen) atoms. The van der Waals surface area contributed by atoms with Gasteiger partial charge in [0.15, 0.2) is 17.7 Å². The second-order valence-electron chi connectivity index (χ2n) is 14.8. The molecule has 2 heterocycles. The number of carbonyl (C=O) groups excluding carboxylic acids is 1. The first-order chi connectivity index (χ1) is 21.3. The summed E-state index contributed by atoms with van der Waals surface area (Å²) in [4.78, 5) is 13.7. The van der Waals surface area contributed by atoms with Crippen LogP contribution in [0.1, 0.15) is 110 Å². The van der Waals surface area contributed by atoms with Crippen molar-refractivity contribution in [2.45, 2.75) is 165 Å². The van der Waals surface area contributed by atoms with Crippen LogP contribution in [-0.4, -0.2) is 60.5 Å². The monoisotopic (exact) mass is 612 g/mol. The lowest BCUT2D eigenvalue weighted by molar-refractivity contribution is -0.229. The van der Waals surface area contributed by atoms with Crippen molar-refractivity contribution in [3.63, 3.8) is 0 Å². The van der Waals surface area contributed by atoms with Crippen LogP contribution in [0.5, 0.6) is 0 Å². The molecule has 0 aromatic heterocycles. The van der Waals surface area contributed by atoms with Gasteiger partial charge in [-0.1, -0.05) is 70.4 Å². The first-order valence-corrected chi connectivity index (χ1v) is 17.6. The van der Waals surface area contributed by atoms with Gasteiger partial charge in [-0.15, -0.1) is 0 Å². The number of rotatable bonds is 6. The van der Waals surface area contributed by atoms with E-state index in [2.05, 4.69) is 20.8 Å². The number of benzene rings is 1. The van der Waals surface area contributed by atoms with E-state index in [1.54, 1.807) is 0 Å². The molecule has 0 N–H and O–H groups in total. The van der Waals surface area contributed by atoms with Crippen molar-refractivity contribution in [3.8, 4) is 0 Å². The van der Waals surface area contributed by atoms with Crippen molar-refractivity contribution in [1.82, 2.24) is 0 Å². The minimum absolute atomic E-state index is 0.163.